The van der Waals surface area contributed by atoms with Crippen molar-refractivity contribution < 1.29 is 5.11 Å². The highest BCUT2D eigenvalue weighted by Crippen LogP contribution is 2.35. The van der Waals surface area contributed by atoms with Gasteiger partial charge in [-0.1, -0.05) is 19.3 Å². The Balaban J connectivity index is 1.70. The zero-order valence-corrected chi connectivity index (χ0v) is 10.8. The van der Waals surface area contributed by atoms with E-state index in [2.05, 4.69) is 25.9 Å². The van der Waals surface area contributed by atoms with E-state index in [9.17, 15) is 5.11 Å². The van der Waals surface area contributed by atoms with Crippen LogP contribution in [-0.4, -0.2) is 43.5 Å². The van der Waals surface area contributed by atoms with Gasteiger partial charge in [-0.25, -0.2) is 0 Å². The van der Waals surface area contributed by atoms with Crippen molar-refractivity contribution in [1.82, 2.24) is 25.3 Å². The molecule has 102 valence electrons. The summed E-state index contributed by atoms with van der Waals surface area (Å²) in [5.41, 5.74) is 0.621. The van der Waals surface area contributed by atoms with Crippen LogP contribution < -0.4 is 5.32 Å². The molecule has 7 heteroatoms. The third kappa shape index (κ3) is 2.51. The van der Waals surface area contributed by atoms with Crippen LogP contribution in [0.2, 0.25) is 0 Å². The molecule has 1 aliphatic carbocycles. The number of fused-ring (bicyclic) bond motifs is 1. The van der Waals surface area contributed by atoms with Crippen LogP contribution >= 0.6 is 0 Å². The van der Waals surface area contributed by atoms with Crippen molar-refractivity contribution in [3.63, 3.8) is 0 Å². The van der Waals surface area contributed by atoms with E-state index in [1.165, 1.54) is 23.9 Å². The average Bonchev–Trinajstić information content (AvgIpc) is 2.93. The number of nitrogens with zero attached hydrogens (tertiary/aromatic N) is 5. The average molecular weight is 262 g/mol. The third-order valence-corrected chi connectivity index (χ3v) is 3.96. The van der Waals surface area contributed by atoms with Gasteiger partial charge >= 0.3 is 0 Å². The summed E-state index contributed by atoms with van der Waals surface area (Å²) < 4.78 is 1.40. The molecule has 7 nitrogen and oxygen atoms in total. The van der Waals surface area contributed by atoms with E-state index >= 15 is 0 Å². The molecule has 2 aromatic rings. The number of aliphatic hydroxyl groups excluding tert-OH is 1. The Morgan fingerprint density at radius 1 is 1.26 bits per heavy atom. The molecule has 0 bridgehead atoms. The molecule has 0 spiro atoms. The maximum atomic E-state index is 9.66. The van der Waals surface area contributed by atoms with Crippen molar-refractivity contribution in [2.75, 3.05) is 18.5 Å². The second-order valence-electron chi connectivity index (χ2n) is 5.32. The smallest absolute Gasteiger partial charge is 0.200 e. The first-order valence-electron chi connectivity index (χ1n) is 6.72. The first kappa shape index (κ1) is 12.3. The van der Waals surface area contributed by atoms with Crippen molar-refractivity contribution in [1.29, 1.82) is 0 Å². The zero-order valence-electron chi connectivity index (χ0n) is 10.8. The van der Waals surface area contributed by atoms with Crippen molar-refractivity contribution in [3.8, 4) is 0 Å². The highest BCUT2D eigenvalue weighted by Gasteiger charge is 2.31. The Kier molecular flexibility index (Phi) is 3.29. The molecule has 0 unspecified atom stereocenters. The molecule has 0 atom stereocenters. The Morgan fingerprint density at radius 3 is 2.89 bits per heavy atom. The lowest BCUT2D eigenvalue weighted by molar-refractivity contribution is 0.0943. The molecule has 2 N–H and O–H groups in total. The molecule has 1 saturated carbocycles. The van der Waals surface area contributed by atoms with E-state index in [0.29, 0.717) is 5.65 Å². The number of anilines is 1. The Morgan fingerprint density at radius 2 is 2.11 bits per heavy atom. The molecule has 3 rings (SSSR count). The normalized spacial score (nSPS) is 18.6. The van der Waals surface area contributed by atoms with Crippen molar-refractivity contribution in [3.05, 3.63) is 12.1 Å². The number of tetrazole rings is 1. The molecule has 2 aromatic heterocycles. The lowest BCUT2D eigenvalue weighted by Crippen LogP contribution is -2.35. The number of rotatable bonds is 4. The first-order chi connectivity index (χ1) is 9.31. The maximum Gasteiger partial charge on any atom is 0.200 e. The van der Waals surface area contributed by atoms with Gasteiger partial charge in [0.1, 0.15) is 5.82 Å². The van der Waals surface area contributed by atoms with Crippen LogP contribution in [-0.2, 0) is 0 Å². The van der Waals surface area contributed by atoms with Gasteiger partial charge in [0.25, 0.3) is 0 Å². The molecule has 0 saturated heterocycles. The topological polar surface area (TPSA) is 88.2 Å². The summed E-state index contributed by atoms with van der Waals surface area (Å²) in [4.78, 5) is 0. The summed E-state index contributed by atoms with van der Waals surface area (Å²) in [5.74, 6) is 0.734. The fourth-order valence-corrected chi connectivity index (χ4v) is 2.71. The fraction of sp³-hybridized carbons (Fsp3) is 0.667. The molecule has 1 aliphatic rings. The largest absolute Gasteiger partial charge is 0.396 e. The van der Waals surface area contributed by atoms with Crippen molar-refractivity contribution in [2.24, 2.45) is 5.41 Å². The van der Waals surface area contributed by atoms with Crippen molar-refractivity contribution >= 4 is 11.5 Å². The van der Waals surface area contributed by atoms with E-state index in [-0.39, 0.29) is 12.0 Å². The number of aliphatic hydroxyl groups is 1. The van der Waals surface area contributed by atoms with E-state index in [1.807, 2.05) is 12.1 Å². The van der Waals surface area contributed by atoms with Gasteiger partial charge in [-0.05, 0) is 35.4 Å². The highest BCUT2D eigenvalue weighted by molar-refractivity contribution is 5.42. The predicted octanol–water partition coefficient (Wildman–Crippen LogP) is 0.874. The quantitative estimate of drug-likeness (QED) is 0.850. The van der Waals surface area contributed by atoms with Crippen molar-refractivity contribution in [2.45, 2.75) is 32.1 Å². The predicted molar refractivity (Wildman–Crippen MR) is 69.7 cm³/mol. The monoisotopic (exact) mass is 262 g/mol. The molecule has 0 aromatic carbocycles. The lowest BCUT2D eigenvalue weighted by Gasteiger charge is -2.35. The van der Waals surface area contributed by atoms with Gasteiger partial charge in [-0.3, -0.25) is 0 Å². The van der Waals surface area contributed by atoms with Crippen LogP contribution in [0.1, 0.15) is 32.1 Å². The van der Waals surface area contributed by atoms with Crippen LogP contribution in [0, 0.1) is 5.41 Å². The Bertz CT molecular complexity index is 548. The zero-order chi connectivity index (χ0) is 13.1. The minimum Gasteiger partial charge on any atom is -0.396 e. The molecule has 0 aliphatic heterocycles. The Labute approximate surface area is 111 Å². The molecule has 0 radical (unpaired) electrons. The summed E-state index contributed by atoms with van der Waals surface area (Å²) in [6, 6.07) is 3.68. The van der Waals surface area contributed by atoms with E-state index < -0.39 is 0 Å². The number of nitrogens with one attached hydrogen (secondary N) is 1. The highest BCUT2D eigenvalue weighted by atomic mass is 16.3. The number of aromatic nitrogens is 5. The van der Waals surface area contributed by atoms with Crippen LogP contribution in [0.15, 0.2) is 12.1 Å². The molecular weight excluding hydrogens is 244 g/mol. The minimum absolute atomic E-state index is 0.00446. The summed E-state index contributed by atoms with van der Waals surface area (Å²) in [6.07, 6.45) is 5.81. The Hall–Kier alpha value is -1.76. The van der Waals surface area contributed by atoms with Gasteiger partial charge < -0.3 is 10.4 Å². The summed E-state index contributed by atoms with van der Waals surface area (Å²) >= 11 is 0. The molecule has 2 heterocycles. The fourth-order valence-electron chi connectivity index (χ4n) is 2.71. The summed E-state index contributed by atoms with van der Waals surface area (Å²) in [5, 5.41) is 28.4. The third-order valence-electron chi connectivity index (χ3n) is 3.96. The minimum atomic E-state index is -0.00446. The maximum absolute atomic E-state index is 9.66. The lowest BCUT2D eigenvalue weighted by atomic mass is 9.74. The summed E-state index contributed by atoms with van der Waals surface area (Å²) in [6.45, 7) is 0.970. The molecule has 0 amide bonds. The van der Waals surface area contributed by atoms with Gasteiger partial charge in [-0.2, -0.15) is 0 Å². The molecule has 1 fully saturated rings. The van der Waals surface area contributed by atoms with Gasteiger partial charge in [0.05, 0.1) is 6.61 Å². The van der Waals surface area contributed by atoms with Crippen LogP contribution in [0.4, 0.5) is 5.82 Å². The molecular formula is C12H18N6O. The second-order valence-corrected chi connectivity index (χ2v) is 5.32. The van der Waals surface area contributed by atoms with Crippen LogP contribution in [0.25, 0.3) is 5.65 Å². The summed E-state index contributed by atoms with van der Waals surface area (Å²) in [7, 11) is 0. The number of hydrogen-bond donors (Lipinski definition) is 2. The van der Waals surface area contributed by atoms with Gasteiger partial charge in [0.2, 0.25) is 0 Å². The first-order valence-corrected chi connectivity index (χ1v) is 6.72. The van der Waals surface area contributed by atoms with E-state index in [0.717, 1.165) is 25.2 Å². The van der Waals surface area contributed by atoms with Gasteiger partial charge in [0, 0.05) is 12.0 Å². The van der Waals surface area contributed by atoms with E-state index in [1.54, 1.807) is 0 Å². The number of hydrogen-bond acceptors (Lipinski definition) is 6. The van der Waals surface area contributed by atoms with Crippen LogP contribution in [0.5, 0.6) is 0 Å². The SMILES string of the molecule is OCC1(CNc2ccc3nnnn3n2)CCCCC1. The van der Waals surface area contributed by atoms with Gasteiger partial charge in [-0.15, -0.1) is 14.8 Å². The van der Waals surface area contributed by atoms with Crippen LogP contribution in [0.3, 0.4) is 0 Å². The van der Waals surface area contributed by atoms with Gasteiger partial charge in [0.15, 0.2) is 5.65 Å². The van der Waals surface area contributed by atoms with E-state index in [4.69, 9.17) is 0 Å². The second kappa shape index (κ2) is 5.08. The molecule has 19 heavy (non-hydrogen) atoms. The standard InChI is InChI=1S/C12H18N6O/c19-9-12(6-2-1-3-7-12)8-13-10-4-5-11-14-16-17-18(11)15-10/h4-5,19H,1-3,6-9H2,(H,13,15).